The smallest absolute Gasteiger partial charge is 0.355 e. The monoisotopic (exact) mass is 332 g/mol. The van der Waals surface area contributed by atoms with Crippen molar-refractivity contribution < 1.29 is 19.1 Å². The lowest BCUT2D eigenvalue weighted by Crippen LogP contribution is -2.25. The maximum atomic E-state index is 12.4. The lowest BCUT2D eigenvalue weighted by Gasteiger charge is -2.22. The molecule has 0 radical (unpaired) electrons. The van der Waals surface area contributed by atoms with Gasteiger partial charge in [0.05, 0.1) is 17.6 Å². The minimum Gasteiger partial charge on any atom is -0.461 e. The van der Waals surface area contributed by atoms with Crippen LogP contribution in [0.5, 0.6) is 0 Å². The number of ether oxygens (including phenoxy) is 2. The number of carbonyl (C=O) groups is 2. The summed E-state index contributed by atoms with van der Waals surface area (Å²) in [7, 11) is 1.90. The van der Waals surface area contributed by atoms with E-state index >= 15 is 0 Å². The van der Waals surface area contributed by atoms with E-state index in [1.54, 1.807) is 17.6 Å². The van der Waals surface area contributed by atoms with E-state index in [9.17, 15) is 9.59 Å². The fourth-order valence-corrected chi connectivity index (χ4v) is 3.35. The van der Waals surface area contributed by atoms with Gasteiger partial charge in [-0.3, -0.25) is 4.79 Å². The van der Waals surface area contributed by atoms with Crippen molar-refractivity contribution >= 4 is 23.0 Å². The average Bonchev–Trinajstić information content (AvgIpc) is 3.10. The molecular weight excluding hydrogens is 308 g/mol. The Balaban J connectivity index is 1.82. The van der Waals surface area contributed by atoms with Gasteiger partial charge in [-0.25, -0.2) is 4.79 Å². The maximum absolute atomic E-state index is 12.4. The number of rotatable bonds is 5. The Morgan fingerprint density at radius 2 is 1.96 bits per heavy atom. The molecule has 0 N–H and O–H groups in total. The zero-order valence-electron chi connectivity index (χ0n) is 14.3. The number of aromatic nitrogens is 2. The zero-order valence-corrected chi connectivity index (χ0v) is 14.3. The van der Waals surface area contributed by atoms with Crippen LogP contribution in [0.2, 0.25) is 0 Å². The SMILES string of the molecule is CCOC(=O)c1cc2c(ccn2C)n1CC(=O)OC1CCCCC1. The van der Waals surface area contributed by atoms with Gasteiger partial charge < -0.3 is 18.6 Å². The first kappa shape index (κ1) is 16.6. The molecule has 1 aliphatic carbocycles. The van der Waals surface area contributed by atoms with Crippen LogP contribution < -0.4 is 0 Å². The van der Waals surface area contributed by atoms with Gasteiger partial charge in [0, 0.05) is 13.2 Å². The third-order valence-corrected chi connectivity index (χ3v) is 4.58. The van der Waals surface area contributed by atoms with E-state index in [4.69, 9.17) is 9.47 Å². The molecule has 2 aromatic rings. The van der Waals surface area contributed by atoms with E-state index in [1.165, 1.54) is 6.42 Å². The van der Waals surface area contributed by atoms with E-state index in [0.29, 0.717) is 12.3 Å². The van der Waals surface area contributed by atoms with E-state index in [2.05, 4.69) is 0 Å². The van der Waals surface area contributed by atoms with Crippen LogP contribution in [-0.2, 0) is 27.9 Å². The van der Waals surface area contributed by atoms with Crippen molar-refractivity contribution in [2.45, 2.75) is 51.7 Å². The van der Waals surface area contributed by atoms with Crippen LogP contribution >= 0.6 is 0 Å². The van der Waals surface area contributed by atoms with Gasteiger partial charge in [-0.15, -0.1) is 0 Å². The Morgan fingerprint density at radius 1 is 1.21 bits per heavy atom. The van der Waals surface area contributed by atoms with Crippen LogP contribution in [0.4, 0.5) is 0 Å². The summed E-state index contributed by atoms with van der Waals surface area (Å²) >= 11 is 0. The highest BCUT2D eigenvalue weighted by atomic mass is 16.5. The van der Waals surface area contributed by atoms with Gasteiger partial charge in [0.2, 0.25) is 0 Å². The second-order valence-corrected chi connectivity index (χ2v) is 6.28. The standard InChI is InChI=1S/C18H24N2O4/c1-3-23-18(22)16-11-15-14(9-10-19(15)2)20(16)12-17(21)24-13-7-5-4-6-8-13/h9-11,13H,3-8,12H2,1-2H3. The lowest BCUT2D eigenvalue weighted by atomic mass is 9.98. The third kappa shape index (κ3) is 3.32. The predicted octanol–water partition coefficient (Wildman–Crippen LogP) is 3.03. The average molecular weight is 332 g/mol. The fraction of sp³-hybridized carbons (Fsp3) is 0.556. The van der Waals surface area contributed by atoms with Crippen LogP contribution in [0.15, 0.2) is 18.3 Å². The van der Waals surface area contributed by atoms with E-state index in [-0.39, 0.29) is 18.6 Å². The second-order valence-electron chi connectivity index (χ2n) is 6.28. The molecule has 0 spiro atoms. The summed E-state index contributed by atoms with van der Waals surface area (Å²) in [6, 6.07) is 3.66. The van der Waals surface area contributed by atoms with Gasteiger partial charge in [-0.1, -0.05) is 6.42 Å². The summed E-state index contributed by atoms with van der Waals surface area (Å²) in [6.45, 7) is 2.09. The molecular formula is C18H24N2O4. The zero-order chi connectivity index (χ0) is 17.1. The van der Waals surface area contributed by atoms with Gasteiger partial charge in [0.1, 0.15) is 18.3 Å². The molecule has 0 aromatic carbocycles. The van der Waals surface area contributed by atoms with Crippen molar-refractivity contribution in [1.82, 2.24) is 9.13 Å². The molecule has 1 aliphatic rings. The molecule has 1 fully saturated rings. The number of hydrogen-bond donors (Lipinski definition) is 0. The Hall–Kier alpha value is -2.24. The van der Waals surface area contributed by atoms with Crippen LogP contribution in [0, 0.1) is 0 Å². The van der Waals surface area contributed by atoms with Crippen molar-refractivity contribution in [3.63, 3.8) is 0 Å². The summed E-state index contributed by atoms with van der Waals surface area (Å²) < 4.78 is 14.3. The molecule has 2 aromatic heterocycles. The molecule has 0 amide bonds. The summed E-state index contributed by atoms with van der Waals surface area (Å²) in [6.07, 6.45) is 7.22. The number of aryl methyl sites for hydroxylation is 1. The molecule has 0 bridgehead atoms. The number of fused-ring (bicyclic) bond motifs is 1. The molecule has 6 heteroatoms. The minimum atomic E-state index is -0.417. The van der Waals surface area contributed by atoms with Crippen LogP contribution in [-0.4, -0.2) is 33.8 Å². The molecule has 0 saturated heterocycles. The molecule has 0 unspecified atom stereocenters. The normalized spacial score (nSPS) is 15.6. The van der Waals surface area contributed by atoms with Gasteiger partial charge in [0.15, 0.2) is 0 Å². The molecule has 0 aliphatic heterocycles. The predicted molar refractivity (Wildman–Crippen MR) is 89.8 cm³/mol. The molecule has 1 saturated carbocycles. The first-order valence-corrected chi connectivity index (χ1v) is 8.61. The van der Waals surface area contributed by atoms with Crippen molar-refractivity contribution in [3.8, 4) is 0 Å². The van der Waals surface area contributed by atoms with Crippen LogP contribution in [0.3, 0.4) is 0 Å². The molecule has 0 atom stereocenters. The third-order valence-electron chi connectivity index (χ3n) is 4.58. The Bertz CT molecular complexity index is 738. The molecule has 3 rings (SSSR count). The molecule has 130 valence electrons. The first-order chi connectivity index (χ1) is 11.6. The highest BCUT2D eigenvalue weighted by Crippen LogP contribution is 2.23. The van der Waals surface area contributed by atoms with E-state index in [0.717, 1.165) is 36.7 Å². The first-order valence-electron chi connectivity index (χ1n) is 8.61. The van der Waals surface area contributed by atoms with Crippen molar-refractivity contribution in [1.29, 1.82) is 0 Å². The van der Waals surface area contributed by atoms with Crippen LogP contribution in [0.25, 0.3) is 11.0 Å². The summed E-state index contributed by atoms with van der Waals surface area (Å²) in [5.74, 6) is -0.715. The number of esters is 2. The molecule has 24 heavy (non-hydrogen) atoms. The fourth-order valence-electron chi connectivity index (χ4n) is 3.35. The highest BCUT2D eigenvalue weighted by Gasteiger charge is 2.23. The second kappa shape index (κ2) is 7.11. The van der Waals surface area contributed by atoms with E-state index in [1.807, 2.05) is 23.9 Å². The largest absolute Gasteiger partial charge is 0.461 e. The van der Waals surface area contributed by atoms with Crippen molar-refractivity contribution in [2.24, 2.45) is 7.05 Å². The van der Waals surface area contributed by atoms with Gasteiger partial charge in [-0.2, -0.15) is 0 Å². The Morgan fingerprint density at radius 3 is 2.67 bits per heavy atom. The number of nitrogens with zero attached hydrogens (tertiary/aromatic N) is 2. The topological polar surface area (TPSA) is 62.5 Å². The maximum Gasteiger partial charge on any atom is 0.355 e. The van der Waals surface area contributed by atoms with Gasteiger partial charge >= 0.3 is 11.9 Å². The van der Waals surface area contributed by atoms with E-state index < -0.39 is 5.97 Å². The van der Waals surface area contributed by atoms with Gasteiger partial charge in [0.25, 0.3) is 0 Å². The molecule has 6 nitrogen and oxygen atoms in total. The Kier molecular flexibility index (Phi) is 4.92. The number of carbonyl (C=O) groups excluding carboxylic acids is 2. The highest BCUT2D eigenvalue weighted by molar-refractivity contribution is 5.95. The Labute approximate surface area is 141 Å². The summed E-state index contributed by atoms with van der Waals surface area (Å²) in [5, 5.41) is 0. The number of hydrogen-bond acceptors (Lipinski definition) is 4. The van der Waals surface area contributed by atoms with Crippen molar-refractivity contribution in [2.75, 3.05) is 6.61 Å². The van der Waals surface area contributed by atoms with Gasteiger partial charge in [-0.05, 0) is 44.7 Å². The van der Waals surface area contributed by atoms with Crippen LogP contribution in [0.1, 0.15) is 49.5 Å². The molecule has 2 heterocycles. The summed E-state index contributed by atoms with van der Waals surface area (Å²) in [4.78, 5) is 24.6. The summed E-state index contributed by atoms with van der Waals surface area (Å²) in [5.41, 5.74) is 2.11. The van der Waals surface area contributed by atoms with Crippen molar-refractivity contribution in [3.05, 3.63) is 24.0 Å². The lowest BCUT2D eigenvalue weighted by molar-refractivity contribution is -0.151. The minimum absolute atomic E-state index is 0.0131. The quantitative estimate of drug-likeness (QED) is 0.790.